The van der Waals surface area contributed by atoms with E-state index < -0.39 is 14.9 Å². The summed E-state index contributed by atoms with van der Waals surface area (Å²) in [6, 6.07) is 5.46. The fourth-order valence-corrected chi connectivity index (χ4v) is 3.13. The Kier molecular flexibility index (Phi) is 5.23. The molecule has 1 aromatic rings. The summed E-state index contributed by atoms with van der Waals surface area (Å²) in [6.07, 6.45) is -0.176. The van der Waals surface area contributed by atoms with Gasteiger partial charge in [-0.05, 0) is 5.56 Å². The molecule has 1 atom stereocenters. The largest absolute Gasteiger partial charge is 0.374 e. The number of ether oxygens (including phenoxy) is 1. The molecule has 0 aromatic heterocycles. The van der Waals surface area contributed by atoms with Crippen LogP contribution in [0.3, 0.4) is 0 Å². The predicted octanol–water partition coefficient (Wildman–Crippen LogP) is 0.00260. The molecule has 1 unspecified atom stereocenters. The number of non-ortho nitro benzene ring substituents is 1. The van der Waals surface area contributed by atoms with E-state index in [-0.39, 0.29) is 24.1 Å². The first kappa shape index (κ1) is 15.8. The van der Waals surface area contributed by atoms with Crippen LogP contribution in [0.4, 0.5) is 5.69 Å². The van der Waals surface area contributed by atoms with Gasteiger partial charge < -0.3 is 10.1 Å². The van der Waals surface area contributed by atoms with Crippen molar-refractivity contribution in [1.82, 2.24) is 10.0 Å². The minimum absolute atomic E-state index is 0.0641. The highest BCUT2D eigenvalue weighted by Gasteiger charge is 2.18. The molecule has 1 fully saturated rings. The lowest BCUT2D eigenvalue weighted by Crippen LogP contribution is -2.45. The van der Waals surface area contributed by atoms with Gasteiger partial charge in [0, 0.05) is 31.8 Å². The zero-order valence-electron chi connectivity index (χ0n) is 11.3. The lowest BCUT2D eigenvalue weighted by atomic mass is 10.2. The van der Waals surface area contributed by atoms with E-state index in [2.05, 4.69) is 10.0 Å². The molecule has 2 rings (SSSR count). The lowest BCUT2D eigenvalue weighted by Gasteiger charge is -2.23. The Bertz CT molecular complexity index is 581. The number of sulfonamides is 1. The molecular weight excluding hydrogens is 298 g/mol. The van der Waals surface area contributed by atoms with Crippen molar-refractivity contribution >= 4 is 15.7 Å². The quantitative estimate of drug-likeness (QED) is 0.565. The summed E-state index contributed by atoms with van der Waals surface area (Å²) >= 11 is 0. The van der Waals surface area contributed by atoms with Crippen molar-refractivity contribution in [3.63, 3.8) is 0 Å². The van der Waals surface area contributed by atoms with Gasteiger partial charge in [-0.15, -0.1) is 0 Å². The Balaban J connectivity index is 1.89. The molecule has 116 valence electrons. The lowest BCUT2D eigenvalue weighted by molar-refractivity contribution is -0.384. The molecule has 1 aliphatic heterocycles. The summed E-state index contributed by atoms with van der Waals surface area (Å²) in [7, 11) is -3.49. The van der Waals surface area contributed by atoms with Crippen molar-refractivity contribution in [2.45, 2.75) is 11.9 Å². The van der Waals surface area contributed by atoms with Crippen LogP contribution in [0.1, 0.15) is 5.56 Å². The van der Waals surface area contributed by atoms with Crippen LogP contribution < -0.4 is 10.0 Å². The molecule has 21 heavy (non-hydrogen) atoms. The normalized spacial score (nSPS) is 19.3. The summed E-state index contributed by atoms with van der Waals surface area (Å²) in [4.78, 5) is 10.0. The summed E-state index contributed by atoms with van der Waals surface area (Å²) < 4.78 is 31.8. The maximum atomic E-state index is 11.9. The fourth-order valence-electron chi connectivity index (χ4n) is 1.96. The third kappa shape index (κ3) is 5.05. The zero-order valence-corrected chi connectivity index (χ0v) is 12.1. The molecule has 0 saturated carbocycles. The van der Waals surface area contributed by atoms with Crippen LogP contribution in [-0.4, -0.2) is 45.7 Å². The molecule has 9 heteroatoms. The van der Waals surface area contributed by atoms with Gasteiger partial charge in [0.1, 0.15) is 0 Å². The third-order valence-corrected chi connectivity index (χ3v) is 4.36. The first-order valence-corrected chi connectivity index (χ1v) is 8.14. The van der Waals surface area contributed by atoms with Crippen molar-refractivity contribution in [2.24, 2.45) is 0 Å². The molecule has 1 aromatic carbocycles. The summed E-state index contributed by atoms with van der Waals surface area (Å²) in [5, 5.41) is 13.6. The summed E-state index contributed by atoms with van der Waals surface area (Å²) in [6.45, 7) is 2.16. The second kappa shape index (κ2) is 6.94. The van der Waals surface area contributed by atoms with Crippen LogP contribution >= 0.6 is 0 Å². The molecule has 0 radical (unpaired) electrons. The molecule has 0 aliphatic carbocycles. The van der Waals surface area contributed by atoms with Crippen molar-refractivity contribution in [3.05, 3.63) is 39.9 Å². The van der Waals surface area contributed by atoms with Crippen LogP contribution in [0.15, 0.2) is 24.3 Å². The Hall–Kier alpha value is -1.55. The number of hydrogen-bond donors (Lipinski definition) is 2. The third-order valence-electron chi connectivity index (χ3n) is 3.04. The standard InChI is InChI=1S/C12H17N3O5S/c16-15(17)11-3-1-10(2-4-11)9-21(18,19)14-8-12-7-13-5-6-20-12/h1-4,12-14H,5-9H2. The molecule has 0 bridgehead atoms. The average Bonchev–Trinajstić information content (AvgIpc) is 2.46. The first-order valence-electron chi connectivity index (χ1n) is 6.49. The van der Waals surface area contributed by atoms with Crippen LogP contribution in [0, 0.1) is 10.1 Å². The maximum Gasteiger partial charge on any atom is 0.269 e. The second-order valence-electron chi connectivity index (χ2n) is 4.73. The number of morpholine rings is 1. The van der Waals surface area contributed by atoms with E-state index in [0.717, 1.165) is 6.54 Å². The van der Waals surface area contributed by atoms with Gasteiger partial charge in [0.25, 0.3) is 5.69 Å². The Morgan fingerprint density at radius 1 is 1.38 bits per heavy atom. The van der Waals surface area contributed by atoms with Gasteiger partial charge in [-0.3, -0.25) is 10.1 Å². The van der Waals surface area contributed by atoms with Gasteiger partial charge in [-0.1, -0.05) is 12.1 Å². The Labute approximate surface area is 122 Å². The van der Waals surface area contributed by atoms with Crippen LogP contribution in [-0.2, 0) is 20.5 Å². The van der Waals surface area contributed by atoms with Gasteiger partial charge in [-0.25, -0.2) is 13.1 Å². The summed E-state index contributed by atoms with van der Waals surface area (Å²) in [5.41, 5.74) is 0.432. The minimum atomic E-state index is -3.49. The van der Waals surface area contributed by atoms with E-state index in [9.17, 15) is 18.5 Å². The molecular formula is C12H17N3O5S. The van der Waals surface area contributed by atoms with Crippen LogP contribution in [0.2, 0.25) is 0 Å². The number of rotatable bonds is 6. The van der Waals surface area contributed by atoms with Gasteiger partial charge in [0.2, 0.25) is 10.0 Å². The number of nitrogens with zero attached hydrogens (tertiary/aromatic N) is 1. The second-order valence-corrected chi connectivity index (χ2v) is 6.53. The Morgan fingerprint density at radius 3 is 2.67 bits per heavy atom. The molecule has 0 spiro atoms. The number of nitrogens with one attached hydrogen (secondary N) is 2. The van der Waals surface area contributed by atoms with Gasteiger partial charge in [0.05, 0.1) is 23.4 Å². The number of benzene rings is 1. The minimum Gasteiger partial charge on any atom is -0.374 e. The van der Waals surface area contributed by atoms with Crippen molar-refractivity contribution in [2.75, 3.05) is 26.2 Å². The van der Waals surface area contributed by atoms with E-state index in [1.807, 2.05) is 0 Å². The fraction of sp³-hybridized carbons (Fsp3) is 0.500. The topological polar surface area (TPSA) is 111 Å². The molecule has 0 amide bonds. The van der Waals surface area contributed by atoms with Crippen LogP contribution in [0.25, 0.3) is 0 Å². The summed E-state index contributed by atoms with van der Waals surface area (Å²) in [5.74, 6) is -0.217. The van der Waals surface area contributed by atoms with Gasteiger partial charge in [0.15, 0.2) is 0 Å². The average molecular weight is 315 g/mol. The predicted molar refractivity (Wildman–Crippen MR) is 76.3 cm³/mol. The number of nitro groups is 1. The van der Waals surface area contributed by atoms with Crippen molar-refractivity contribution in [3.8, 4) is 0 Å². The Morgan fingerprint density at radius 2 is 2.10 bits per heavy atom. The highest BCUT2D eigenvalue weighted by molar-refractivity contribution is 7.88. The van der Waals surface area contributed by atoms with Crippen LogP contribution in [0.5, 0.6) is 0 Å². The highest BCUT2D eigenvalue weighted by atomic mass is 32.2. The first-order chi connectivity index (χ1) is 9.96. The maximum absolute atomic E-state index is 11.9. The molecule has 1 heterocycles. The zero-order chi connectivity index (χ0) is 15.3. The molecule has 8 nitrogen and oxygen atoms in total. The van der Waals surface area contributed by atoms with Gasteiger partial charge >= 0.3 is 0 Å². The number of nitro benzene ring substituents is 1. The number of hydrogen-bond acceptors (Lipinski definition) is 6. The van der Waals surface area contributed by atoms with E-state index in [1.54, 1.807) is 0 Å². The smallest absolute Gasteiger partial charge is 0.269 e. The van der Waals surface area contributed by atoms with E-state index in [0.29, 0.717) is 18.7 Å². The van der Waals surface area contributed by atoms with E-state index >= 15 is 0 Å². The van der Waals surface area contributed by atoms with Crippen molar-refractivity contribution in [1.29, 1.82) is 0 Å². The SMILES string of the molecule is O=[N+]([O-])c1ccc(CS(=O)(=O)NCC2CNCCO2)cc1. The van der Waals surface area contributed by atoms with Gasteiger partial charge in [-0.2, -0.15) is 0 Å². The molecule has 1 saturated heterocycles. The monoisotopic (exact) mass is 315 g/mol. The van der Waals surface area contributed by atoms with E-state index in [4.69, 9.17) is 4.74 Å². The highest BCUT2D eigenvalue weighted by Crippen LogP contribution is 2.13. The molecule has 2 N–H and O–H groups in total. The molecule has 1 aliphatic rings. The van der Waals surface area contributed by atoms with E-state index in [1.165, 1.54) is 24.3 Å². The van der Waals surface area contributed by atoms with Crippen molar-refractivity contribution < 1.29 is 18.1 Å².